The van der Waals surface area contributed by atoms with E-state index in [1.165, 1.54) is 18.2 Å². The van der Waals surface area contributed by atoms with Crippen LogP contribution in [0.15, 0.2) is 22.7 Å². The molecule has 0 saturated heterocycles. The lowest BCUT2D eigenvalue weighted by Crippen LogP contribution is -2.11. The zero-order chi connectivity index (χ0) is 12.1. The number of nitrogens with one attached hydrogen (secondary N) is 1. The molecule has 5 nitrogen and oxygen atoms in total. The van der Waals surface area contributed by atoms with Gasteiger partial charge in [0.05, 0.1) is 9.40 Å². The number of rotatable bonds is 4. The van der Waals surface area contributed by atoms with Crippen LogP contribution >= 0.6 is 31.9 Å². The number of hydrogen-bond acceptors (Lipinski definition) is 3. The molecule has 0 aliphatic heterocycles. The number of amides is 1. The van der Waals surface area contributed by atoms with Crippen molar-refractivity contribution in [3.05, 3.63) is 32.8 Å². The van der Waals surface area contributed by atoms with Gasteiger partial charge in [-0.2, -0.15) is 0 Å². The van der Waals surface area contributed by atoms with Crippen molar-refractivity contribution in [3.63, 3.8) is 0 Å². The first-order valence-electron chi connectivity index (χ1n) is 4.34. The zero-order valence-electron chi connectivity index (χ0n) is 8.07. The molecule has 0 spiro atoms. The monoisotopic (exact) mass is 350 g/mol. The number of anilines is 1. The van der Waals surface area contributed by atoms with E-state index in [1.54, 1.807) is 0 Å². The molecular weight excluding hydrogens is 344 g/mol. The topological polar surface area (TPSA) is 72.2 Å². The molecule has 0 bridgehead atoms. The minimum Gasteiger partial charge on any atom is -0.326 e. The smallest absolute Gasteiger partial charge is 0.283 e. The van der Waals surface area contributed by atoms with Crippen molar-refractivity contribution in [2.24, 2.45) is 0 Å². The molecular formula is C9H8Br2N2O3. The average molecular weight is 352 g/mol. The first-order chi connectivity index (χ1) is 7.54. The van der Waals surface area contributed by atoms with Gasteiger partial charge in [-0.15, -0.1) is 0 Å². The minimum absolute atomic E-state index is 0.0292. The molecule has 0 unspecified atom stereocenters. The van der Waals surface area contributed by atoms with Crippen molar-refractivity contribution in [1.29, 1.82) is 0 Å². The van der Waals surface area contributed by atoms with Crippen LogP contribution < -0.4 is 5.32 Å². The molecule has 1 N–H and O–H groups in total. The lowest BCUT2D eigenvalue weighted by Gasteiger charge is -2.04. The van der Waals surface area contributed by atoms with Crippen molar-refractivity contribution in [2.75, 3.05) is 10.6 Å². The van der Waals surface area contributed by atoms with Crippen LogP contribution in [0.4, 0.5) is 11.4 Å². The highest BCUT2D eigenvalue weighted by molar-refractivity contribution is 9.10. The van der Waals surface area contributed by atoms with Gasteiger partial charge in [0.1, 0.15) is 0 Å². The Bertz CT molecular complexity index is 423. The molecule has 0 fully saturated rings. The van der Waals surface area contributed by atoms with Crippen LogP contribution in [0.1, 0.15) is 6.42 Å². The maximum atomic E-state index is 11.3. The fourth-order valence-corrected chi connectivity index (χ4v) is 1.93. The van der Waals surface area contributed by atoms with Crippen LogP contribution in [-0.4, -0.2) is 16.2 Å². The summed E-state index contributed by atoms with van der Waals surface area (Å²) < 4.78 is 0.342. The predicted molar refractivity (Wildman–Crippen MR) is 67.8 cm³/mol. The number of hydrogen-bond donors (Lipinski definition) is 1. The van der Waals surface area contributed by atoms with E-state index in [1.807, 2.05) is 0 Å². The summed E-state index contributed by atoms with van der Waals surface area (Å²) in [6.07, 6.45) is 0.356. The van der Waals surface area contributed by atoms with Crippen molar-refractivity contribution in [3.8, 4) is 0 Å². The number of carbonyl (C=O) groups excluding carboxylic acids is 1. The molecule has 0 atom stereocenters. The van der Waals surface area contributed by atoms with Gasteiger partial charge >= 0.3 is 0 Å². The molecule has 1 rings (SSSR count). The van der Waals surface area contributed by atoms with E-state index in [9.17, 15) is 14.9 Å². The van der Waals surface area contributed by atoms with E-state index in [2.05, 4.69) is 37.2 Å². The molecule has 0 aliphatic carbocycles. The summed E-state index contributed by atoms with van der Waals surface area (Å²) >= 11 is 6.22. The number of halogens is 2. The third kappa shape index (κ3) is 3.57. The summed E-state index contributed by atoms with van der Waals surface area (Å²) in [6.45, 7) is 0. The largest absolute Gasteiger partial charge is 0.326 e. The highest BCUT2D eigenvalue weighted by atomic mass is 79.9. The van der Waals surface area contributed by atoms with Gasteiger partial charge in [-0.1, -0.05) is 15.9 Å². The van der Waals surface area contributed by atoms with Crippen molar-refractivity contribution in [2.45, 2.75) is 6.42 Å². The van der Waals surface area contributed by atoms with E-state index < -0.39 is 4.92 Å². The number of carbonyl (C=O) groups is 1. The second kappa shape index (κ2) is 5.95. The number of nitrogens with zero attached hydrogens (tertiary/aromatic N) is 1. The van der Waals surface area contributed by atoms with Gasteiger partial charge in [-0.25, -0.2) is 0 Å². The number of benzene rings is 1. The zero-order valence-corrected chi connectivity index (χ0v) is 11.2. The van der Waals surface area contributed by atoms with Crippen molar-refractivity contribution < 1.29 is 9.72 Å². The van der Waals surface area contributed by atoms with Crippen molar-refractivity contribution in [1.82, 2.24) is 0 Å². The van der Waals surface area contributed by atoms with E-state index in [4.69, 9.17) is 0 Å². The summed E-state index contributed by atoms with van der Waals surface area (Å²) in [6, 6.07) is 4.34. The van der Waals surface area contributed by atoms with E-state index in [-0.39, 0.29) is 11.6 Å². The maximum Gasteiger partial charge on any atom is 0.283 e. The number of nitro groups is 1. The Kier molecular flexibility index (Phi) is 4.88. The van der Waals surface area contributed by atoms with Gasteiger partial charge in [-0.3, -0.25) is 14.9 Å². The quantitative estimate of drug-likeness (QED) is 0.514. The van der Waals surface area contributed by atoms with Gasteiger partial charge in [-0.05, 0) is 28.1 Å². The lowest BCUT2D eigenvalue weighted by molar-refractivity contribution is -0.385. The normalized spacial score (nSPS) is 9.88. The molecule has 86 valence electrons. The van der Waals surface area contributed by atoms with Crippen LogP contribution in [0, 0.1) is 10.1 Å². The molecule has 1 aromatic rings. The summed E-state index contributed by atoms with van der Waals surface area (Å²) in [5, 5.41) is 13.7. The minimum atomic E-state index is -0.492. The highest BCUT2D eigenvalue weighted by Crippen LogP contribution is 2.27. The van der Waals surface area contributed by atoms with Crippen LogP contribution in [-0.2, 0) is 4.79 Å². The first-order valence-corrected chi connectivity index (χ1v) is 6.26. The average Bonchev–Trinajstić information content (AvgIpc) is 2.17. The molecule has 0 aliphatic rings. The van der Waals surface area contributed by atoms with E-state index in [0.29, 0.717) is 21.9 Å². The van der Waals surface area contributed by atoms with Gasteiger partial charge in [0.2, 0.25) is 5.91 Å². The van der Waals surface area contributed by atoms with Crippen LogP contribution in [0.2, 0.25) is 0 Å². The van der Waals surface area contributed by atoms with E-state index in [0.717, 1.165) is 0 Å². The Hall–Kier alpha value is -0.950. The number of nitro benzene ring substituents is 1. The van der Waals surface area contributed by atoms with Gasteiger partial charge in [0, 0.05) is 23.5 Å². The predicted octanol–water partition coefficient (Wildman–Crippen LogP) is 3.08. The molecule has 1 amide bonds. The fraction of sp³-hybridized carbons (Fsp3) is 0.222. The summed E-state index contributed by atoms with van der Waals surface area (Å²) in [7, 11) is 0. The van der Waals surface area contributed by atoms with Crippen molar-refractivity contribution >= 4 is 49.1 Å². The standard InChI is InChI=1S/C9H8Br2N2O3/c10-4-3-9(14)12-6-1-2-8(13(15)16)7(11)5-6/h1-2,5H,3-4H2,(H,12,14). The highest BCUT2D eigenvalue weighted by Gasteiger charge is 2.12. The lowest BCUT2D eigenvalue weighted by atomic mass is 10.3. The Labute approximate surface area is 109 Å². The van der Waals surface area contributed by atoms with E-state index >= 15 is 0 Å². The van der Waals surface area contributed by atoms with Crippen LogP contribution in [0.3, 0.4) is 0 Å². The Balaban J connectivity index is 2.81. The molecule has 0 saturated carbocycles. The van der Waals surface area contributed by atoms with Crippen LogP contribution in [0.5, 0.6) is 0 Å². The molecule has 1 aromatic carbocycles. The SMILES string of the molecule is O=C(CCBr)Nc1ccc([N+](=O)[O-])c(Br)c1. The third-order valence-electron chi connectivity index (χ3n) is 1.75. The third-order valence-corrected chi connectivity index (χ3v) is 2.78. The van der Waals surface area contributed by atoms with Crippen LogP contribution in [0.25, 0.3) is 0 Å². The fourth-order valence-electron chi connectivity index (χ4n) is 1.04. The first kappa shape index (κ1) is 13.1. The summed E-state index contributed by atoms with van der Waals surface area (Å²) in [4.78, 5) is 21.3. The molecule has 0 radical (unpaired) electrons. The summed E-state index contributed by atoms with van der Waals surface area (Å²) in [5.41, 5.74) is 0.502. The second-order valence-electron chi connectivity index (χ2n) is 2.91. The molecule has 0 aromatic heterocycles. The Morgan fingerprint density at radius 3 is 2.69 bits per heavy atom. The maximum absolute atomic E-state index is 11.3. The molecule has 0 heterocycles. The molecule has 7 heteroatoms. The van der Waals surface area contributed by atoms with Gasteiger partial charge < -0.3 is 5.32 Å². The Morgan fingerprint density at radius 2 is 2.19 bits per heavy atom. The Morgan fingerprint density at radius 1 is 1.50 bits per heavy atom. The van der Waals surface area contributed by atoms with Gasteiger partial charge in [0.25, 0.3) is 5.69 Å². The molecule has 16 heavy (non-hydrogen) atoms. The second-order valence-corrected chi connectivity index (χ2v) is 4.56. The van der Waals surface area contributed by atoms with Gasteiger partial charge in [0.15, 0.2) is 0 Å². The number of alkyl halides is 1. The summed E-state index contributed by atoms with van der Waals surface area (Å²) in [5.74, 6) is -0.141.